The van der Waals surface area contributed by atoms with Crippen LogP contribution in [0.15, 0.2) is 52.3 Å². The molecule has 8 N–H and O–H groups in total. The van der Waals surface area contributed by atoms with E-state index in [4.69, 9.17) is 21.9 Å². The van der Waals surface area contributed by atoms with E-state index in [1.807, 2.05) is 30.3 Å². The molecule has 1 aliphatic heterocycles. The van der Waals surface area contributed by atoms with E-state index in [0.29, 0.717) is 12.5 Å². The fourth-order valence-electron chi connectivity index (χ4n) is 4.59. The maximum Gasteiger partial charge on any atom is 0.326 e. The lowest BCUT2D eigenvalue weighted by molar-refractivity contribution is -0.149. The molecule has 224 valence electrons. The summed E-state index contributed by atoms with van der Waals surface area (Å²) in [5.74, 6) is -3.18. The number of aryl methyl sites for hydroxylation is 1. The summed E-state index contributed by atoms with van der Waals surface area (Å²) in [6, 6.07) is 6.53. The highest BCUT2D eigenvalue weighted by atomic mass is 35.5. The van der Waals surface area contributed by atoms with Crippen molar-refractivity contribution in [1.82, 2.24) is 10.2 Å². The predicted octanol–water partition coefficient (Wildman–Crippen LogP) is 0.165. The smallest absolute Gasteiger partial charge is 0.326 e. The molecule has 0 spiro atoms. The van der Waals surface area contributed by atoms with Crippen LogP contribution >= 0.6 is 11.6 Å². The number of hydrogen-bond acceptors (Lipinski definition) is 9. The van der Waals surface area contributed by atoms with Gasteiger partial charge in [-0.3, -0.25) is 14.9 Å². The quantitative estimate of drug-likeness (QED) is 0.184. The molecule has 41 heavy (non-hydrogen) atoms. The number of likely N-dealkylation sites (tertiary alicyclic amines) is 1. The van der Waals surface area contributed by atoms with E-state index in [1.165, 1.54) is 6.92 Å². The van der Waals surface area contributed by atoms with Gasteiger partial charge in [0.15, 0.2) is 0 Å². The summed E-state index contributed by atoms with van der Waals surface area (Å²) < 4.78 is 48.0. The van der Waals surface area contributed by atoms with Crippen LogP contribution in [0.2, 0.25) is 5.02 Å². The molecule has 1 heterocycles. The molecular weight excluding hydrogens is 602 g/mol. The average molecular weight is 632 g/mol. The second-order valence-electron chi connectivity index (χ2n) is 9.59. The first-order valence-electron chi connectivity index (χ1n) is 12.2. The summed E-state index contributed by atoms with van der Waals surface area (Å²) in [6.07, 6.45) is 0.441. The Hall–Kier alpha value is -3.28. The summed E-state index contributed by atoms with van der Waals surface area (Å²) in [4.78, 5) is 36.9. The van der Waals surface area contributed by atoms with Crippen LogP contribution in [-0.2, 0) is 40.9 Å². The minimum Gasteiger partial charge on any atom is -0.480 e. The van der Waals surface area contributed by atoms with Crippen molar-refractivity contribution >= 4 is 55.2 Å². The molecule has 0 aromatic heterocycles. The number of nitrogens with one attached hydrogen (secondary N) is 2. The van der Waals surface area contributed by atoms with Crippen molar-refractivity contribution < 1.29 is 41.4 Å². The Morgan fingerprint density at radius 3 is 2.20 bits per heavy atom. The Labute approximate surface area is 241 Å². The van der Waals surface area contributed by atoms with Crippen LogP contribution in [0.25, 0.3) is 0 Å². The standard InChI is InChI=1S/C24H30ClN5O9S2/c1-13(28-17(23(32)33)8-7-14-5-3-2-4-6-14)22(31)30-12-15(9-19(30)24(34)35)29-18-10-16(25)20(40(26,36)37)11-21(18)41(27,38)39/h2-6,10-11,13,15,17,19,28-29H,7-9,12H2,1H3,(H,32,33)(H,34,35)(H2,26,36,37)(H2,27,38,39)/t13-,15?,17-,19-/m0/s1. The van der Waals surface area contributed by atoms with Crippen molar-refractivity contribution in [1.29, 1.82) is 0 Å². The van der Waals surface area contributed by atoms with Gasteiger partial charge in [-0.1, -0.05) is 41.9 Å². The number of aliphatic carboxylic acids is 2. The van der Waals surface area contributed by atoms with Crippen LogP contribution in [0, 0.1) is 0 Å². The van der Waals surface area contributed by atoms with E-state index in [1.54, 1.807) is 0 Å². The number of nitrogens with two attached hydrogens (primary N) is 2. The van der Waals surface area contributed by atoms with Crippen LogP contribution in [0.1, 0.15) is 25.3 Å². The lowest BCUT2D eigenvalue weighted by Gasteiger charge is -2.27. The maximum absolute atomic E-state index is 13.3. The van der Waals surface area contributed by atoms with Crippen molar-refractivity contribution in [3.63, 3.8) is 0 Å². The summed E-state index contributed by atoms with van der Waals surface area (Å²) >= 11 is 6.01. The van der Waals surface area contributed by atoms with Gasteiger partial charge in [-0.15, -0.1) is 0 Å². The highest BCUT2D eigenvalue weighted by Crippen LogP contribution is 2.32. The molecule has 0 aliphatic carbocycles. The van der Waals surface area contributed by atoms with Gasteiger partial charge in [0.1, 0.15) is 21.9 Å². The summed E-state index contributed by atoms with van der Waals surface area (Å²) in [6.45, 7) is 1.22. The number of hydrogen-bond donors (Lipinski definition) is 6. The Kier molecular flexibility index (Phi) is 9.99. The fourth-order valence-corrected chi connectivity index (χ4v) is 6.47. The van der Waals surface area contributed by atoms with Gasteiger partial charge in [0.25, 0.3) is 0 Å². The zero-order valence-corrected chi connectivity index (χ0v) is 24.1. The molecule has 1 saturated heterocycles. The number of amides is 1. The van der Waals surface area contributed by atoms with Crippen LogP contribution in [0.5, 0.6) is 0 Å². The number of carboxylic acid groups (broad SMARTS) is 2. The monoisotopic (exact) mass is 631 g/mol. The van der Waals surface area contributed by atoms with Crippen molar-refractivity contribution in [3.05, 3.63) is 53.1 Å². The second kappa shape index (κ2) is 12.7. The molecule has 2 aromatic carbocycles. The third-order valence-corrected chi connectivity index (χ3v) is 8.89. The van der Waals surface area contributed by atoms with Gasteiger partial charge in [0.2, 0.25) is 26.0 Å². The average Bonchev–Trinajstić information content (AvgIpc) is 3.29. The molecule has 0 bridgehead atoms. The van der Waals surface area contributed by atoms with Crippen LogP contribution in [0.4, 0.5) is 5.69 Å². The molecule has 3 rings (SSSR count). The van der Waals surface area contributed by atoms with Crippen LogP contribution < -0.4 is 20.9 Å². The lowest BCUT2D eigenvalue weighted by Crippen LogP contribution is -2.53. The van der Waals surface area contributed by atoms with Gasteiger partial charge in [-0.25, -0.2) is 31.9 Å². The molecule has 1 fully saturated rings. The van der Waals surface area contributed by atoms with E-state index >= 15 is 0 Å². The van der Waals surface area contributed by atoms with E-state index < -0.39 is 76.9 Å². The molecule has 0 radical (unpaired) electrons. The number of halogens is 1. The van der Waals surface area contributed by atoms with Crippen molar-refractivity contribution in [2.45, 2.75) is 60.1 Å². The van der Waals surface area contributed by atoms with Gasteiger partial charge in [0.05, 0.1) is 16.8 Å². The molecular formula is C24H30ClN5O9S2. The number of carbonyl (C=O) groups is 3. The van der Waals surface area contributed by atoms with Gasteiger partial charge in [-0.2, -0.15) is 0 Å². The molecule has 4 atom stereocenters. The van der Waals surface area contributed by atoms with E-state index in [9.17, 15) is 41.4 Å². The highest BCUT2D eigenvalue weighted by Gasteiger charge is 2.42. The summed E-state index contributed by atoms with van der Waals surface area (Å²) in [7, 11) is -8.90. The molecule has 1 aliphatic rings. The van der Waals surface area contributed by atoms with Crippen molar-refractivity contribution in [2.75, 3.05) is 11.9 Å². The number of sulfonamides is 2. The van der Waals surface area contributed by atoms with E-state index in [2.05, 4.69) is 10.6 Å². The maximum atomic E-state index is 13.3. The van der Waals surface area contributed by atoms with E-state index in [-0.39, 0.29) is 25.1 Å². The number of rotatable bonds is 12. The molecule has 1 amide bonds. The predicted molar refractivity (Wildman–Crippen MR) is 148 cm³/mol. The Morgan fingerprint density at radius 2 is 1.66 bits per heavy atom. The second-order valence-corrected chi connectivity index (χ2v) is 13.1. The van der Waals surface area contributed by atoms with Gasteiger partial charge < -0.3 is 20.4 Å². The third-order valence-electron chi connectivity index (χ3n) is 6.56. The number of benzene rings is 2. The number of carbonyl (C=O) groups excluding carboxylic acids is 1. The number of anilines is 1. The topological polar surface area (TPSA) is 239 Å². The minimum absolute atomic E-state index is 0.164. The molecule has 2 aromatic rings. The first-order chi connectivity index (χ1) is 19.0. The van der Waals surface area contributed by atoms with E-state index in [0.717, 1.165) is 16.5 Å². The zero-order chi connectivity index (χ0) is 30.7. The minimum atomic E-state index is -4.50. The molecule has 1 unspecified atom stereocenters. The Balaban J connectivity index is 1.79. The number of nitrogens with zero attached hydrogens (tertiary/aromatic N) is 1. The fraction of sp³-hybridized carbons (Fsp3) is 0.375. The Bertz CT molecular complexity index is 1540. The van der Waals surface area contributed by atoms with Gasteiger partial charge in [0, 0.05) is 19.0 Å². The first kappa shape index (κ1) is 32.2. The van der Waals surface area contributed by atoms with Crippen LogP contribution in [-0.4, -0.2) is 80.5 Å². The lowest BCUT2D eigenvalue weighted by atomic mass is 10.0. The number of carboxylic acids is 2. The van der Waals surface area contributed by atoms with Crippen LogP contribution in [0.3, 0.4) is 0 Å². The Morgan fingerprint density at radius 1 is 1.05 bits per heavy atom. The molecule has 14 nitrogen and oxygen atoms in total. The third kappa shape index (κ3) is 8.15. The van der Waals surface area contributed by atoms with Crippen molar-refractivity contribution in [2.24, 2.45) is 10.3 Å². The largest absolute Gasteiger partial charge is 0.480 e. The molecule has 0 saturated carbocycles. The SMILES string of the molecule is C[C@H](N[C@@H](CCc1ccccc1)C(=O)O)C(=O)N1CC(Nc2cc(Cl)c(S(N)(=O)=O)cc2S(N)(=O)=O)C[C@H]1C(=O)O. The van der Waals surface area contributed by atoms with Crippen molar-refractivity contribution in [3.8, 4) is 0 Å². The summed E-state index contributed by atoms with van der Waals surface area (Å²) in [5.41, 5.74) is 0.696. The van der Waals surface area contributed by atoms with Gasteiger partial charge >= 0.3 is 11.9 Å². The number of primary sulfonamides is 2. The normalized spacial score (nSPS) is 19.0. The first-order valence-corrected chi connectivity index (χ1v) is 15.7. The molecule has 17 heteroatoms. The summed E-state index contributed by atoms with van der Waals surface area (Å²) in [5, 5.41) is 34.9. The highest BCUT2D eigenvalue weighted by molar-refractivity contribution is 7.90. The van der Waals surface area contributed by atoms with Gasteiger partial charge in [-0.05, 0) is 37.5 Å². The zero-order valence-electron chi connectivity index (χ0n) is 21.7.